The highest BCUT2D eigenvalue weighted by Crippen LogP contribution is 2.74. The molecule has 1 unspecified atom stereocenters. The Morgan fingerprint density at radius 3 is 2.24 bits per heavy atom. The minimum absolute atomic E-state index is 0.0526. The molecule has 0 spiro atoms. The Morgan fingerprint density at radius 2 is 1.63 bits per heavy atom. The largest absolute Gasteiger partial charge is 0.387 e. The standard InChI is InChI=1S/C35H49N3O3/c1-29(2)12-14-35(38-20-37-31(5,6)28(38)41)15-13-34(9)26(22(35)18-29)23(39)16-25-32(7)17-21(19-36)27(40)30(3,4)24(32)10-11-33(25,34)8/h16-17,20,22,24,26-27,40H,10-15,18H2,1-9H3/t22-,24-,26-,27?,32-,33+,34+,35-/m0/s1. The normalized spacial score (nSPS) is 47.3. The number of nitrogens with zero attached hydrogens (tertiary/aromatic N) is 3. The lowest BCUT2D eigenvalue weighted by atomic mass is 9.35. The molecule has 1 N–H and O–H groups in total. The summed E-state index contributed by atoms with van der Waals surface area (Å²) in [5.41, 5.74) is -0.963. The number of carbonyl (C=O) groups is 2. The van der Waals surface area contributed by atoms with Crippen molar-refractivity contribution >= 4 is 18.0 Å². The quantitative estimate of drug-likeness (QED) is 0.402. The molecule has 6 heteroatoms. The highest BCUT2D eigenvalue weighted by Gasteiger charge is 2.71. The van der Waals surface area contributed by atoms with Gasteiger partial charge in [-0.3, -0.25) is 19.5 Å². The molecule has 0 radical (unpaired) electrons. The van der Waals surface area contributed by atoms with Gasteiger partial charge in [-0.25, -0.2) is 0 Å². The summed E-state index contributed by atoms with van der Waals surface area (Å²) in [6.07, 6.45) is 11.4. The summed E-state index contributed by atoms with van der Waals surface area (Å²) in [4.78, 5) is 35.1. The molecule has 6 nitrogen and oxygen atoms in total. The number of carbonyl (C=O) groups excluding carboxylic acids is 2. The molecule has 0 aromatic heterocycles. The Bertz CT molecular complexity index is 1360. The molecule has 1 amide bonds. The number of ketones is 1. The molecule has 0 bridgehead atoms. The maximum atomic E-state index is 14.7. The average molecular weight is 560 g/mol. The van der Waals surface area contributed by atoms with Crippen LogP contribution in [0.1, 0.15) is 107 Å². The number of hydrogen-bond donors (Lipinski definition) is 1. The minimum atomic E-state index is -0.804. The van der Waals surface area contributed by atoms with Crippen molar-refractivity contribution in [2.75, 3.05) is 0 Å². The zero-order valence-corrected chi connectivity index (χ0v) is 26.6. The van der Waals surface area contributed by atoms with E-state index in [1.165, 1.54) is 0 Å². The van der Waals surface area contributed by atoms with Gasteiger partial charge in [0.2, 0.25) is 0 Å². The molecule has 1 heterocycles. The van der Waals surface area contributed by atoms with E-state index in [2.05, 4.69) is 59.5 Å². The molecule has 6 rings (SSSR count). The summed E-state index contributed by atoms with van der Waals surface area (Å²) < 4.78 is 0. The van der Waals surface area contributed by atoms with Crippen LogP contribution in [0.4, 0.5) is 0 Å². The second-order valence-electron chi connectivity index (χ2n) is 17.1. The van der Waals surface area contributed by atoms with E-state index >= 15 is 0 Å². The second kappa shape index (κ2) is 8.22. The summed E-state index contributed by atoms with van der Waals surface area (Å²) in [7, 11) is 0. The first-order chi connectivity index (χ1) is 18.8. The van der Waals surface area contributed by atoms with Gasteiger partial charge in [0.05, 0.1) is 29.6 Å². The Morgan fingerprint density at radius 1 is 0.976 bits per heavy atom. The zero-order chi connectivity index (χ0) is 30.2. The van der Waals surface area contributed by atoms with Crippen molar-refractivity contribution in [2.24, 2.45) is 49.8 Å². The van der Waals surface area contributed by atoms with Crippen LogP contribution < -0.4 is 0 Å². The Labute approximate surface area is 246 Å². The number of nitriles is 1. The lowest BCUT2D eigenvalue weighted by molar-refractivity contribution is -0.176. The fraction of sp³-hybridized carbons (Fsp3) is 0.771. The van der Waals surface area contributed by atoms with Crippen molar-refractivity contribution in [1.29, 1.82) is 5.26 Å². The SMILES string of the molecule is CC1(C)CC[C@]2(N3C=NC(C)(C)C3=O)CC[C@]3(C)[C@H](C(=O)C=C4[C@@]5(C)C=C(C#N)C(O)C(C)(C)[C@@H]5CC[C@]43C)[C@@H]2C1. The highest BCUT2D eigenvalue weighted by molar-refractivity contribution is 6.01. The number of aliphatic hydroxyl groups excluding tert-OH is 1. The third-order valence-corrected chi connectivity index (χ3v) is 13.7. The van der Waals surface area contributed by atoms with Gasteiger partial charge in [-0.1, -0.05) is 60.1 Å². The summed E-state index contributed by atoms with van der Waals surface area (Å²) in [5.74, 6) is 0.244. The summed E-state index contributed by atoms with van der Waals surface area (Å²) in [6, 6.07) is 2.29. The Kier molecular flexibility index (Phi) is 5.78. The van der Waals surface area contributed by atoms with E-state index in [-0.39, 0.29) is 45.7 Å². The van der Waals surface area contributed by atoms with Gasteiger partial charge < -0.3 is 5.11 Å². The predicted molar refractivity (Wildman–Crippen MR) is 160 cm³/mol. The van der Waals surface area contributed by atoms with E-state index in [1.54, 1.807) is 6.34 Å². The first-order valence-electron chi connectivity index (χ1n) is 15.8. The zero-order valence-electron chi connectivity index (χ0n) is 26.6. The van der Waals surface area contributed by atoms with Crippen LogP contribution in [0.25, 0.3) is 0 Å². The van der Waals surface area contributed by atoms with Gasteiger partial charge in [-0.05, 0) is 98.4 Å². The summed E-state index contributed by atoms with van der Waals surface area (Å²) >= 11 is 0. The van der Waals surface area contributed by atoms with Crippen LogP contribution in [-0.4, -0.2) is 45.2 Å². The Balaban J connectivity index is 1.52. The fourth-order valence-electron chi connectivity index (χ4n) is 11.1. The maximum absolute atomic E-state index is 14.7. The smallest absolute Gasteiger partial charge is 0.255 e. The molecule has 6 aliphatic rings. The molecule has 0 saturated heterocycles. The van der Waals surface area contributed by atoms with Crippen molar-refractivity contribution in [2.45, 2.75) is 124 Å². The van der Waals surface area contributed by atoms with Crippen molar-refractivity contribution in [1.82, 2.24) is 4.90 Å². The molecule has 3 fully saturated rings. The lowest BCUT2D eigenvalue weighted by Crippen LogP contribution is -2.70. The first kappa shape index (κ1) is 28.8. The van der Waals surface area contributed by atoms with Crippen molar-refractivity contribution in [3.63, 3.8) is 0 Å². The molecule has 3 saturated carbocycles. The average Bonchev–Trinajstić information content (AvgIpc) is 3.15. The fourth-order valence-corrected chi connectivity index (χ4v) is 11.1. The number of aliphatic imine (C=N–C) groups is 1. The van der Waals surface area contributed by atoms with Gasteiger partial charge in [0.25, 0.3) is 5.91 Å². The maximum Gasteiger partial charge on any atom is 0.255 e. The Hall–Kier alpha value is -2.26. The number of rotatable bonds is 1. The van der Waals surface area contributed by atoms with E-state index in [1.807, 2.05) is 30.9 Å². The van der Waals surface area contributed by atoms with Crippen molar-refractivity contribution in [3.8, 4) is 6.07 Å². The van der Waals surface area contributed by atoms with Crippen molar-refractivity contribution < 1.29 is 14.7 Å². The van der Waals surface area contributed by atoms with Gasteiger partial charge in [0.15, 0.2) is 5.78 Å². The van der Waals surface area contributed by atoms with Crippen LogP contribution in [0.15, 0.2) is 28.3 Å². The van der Waals surface area contributed by atoms with E-state index in [0.29, 0.717) is 5.57 Å². The van der Waals surface area contributed by atoms with E-state index < -0.39 is 28.0 Å². The summed E-state index contributed by atoms with van der Waals surface area (Å²) in [6.45, 7) is 19.5. The van der Waals surface area contributed by atoms with Crippen LogP contribution in [0, 0.1) is 56.2 Å². The number of allylic oxidation sites excluding steroid dienone is 3. The van der Waals surface area contributed by atoms with E-state index in [0.717, 1.165) is 50.5 Å². The number of fused-ring (bicyclic) bond motifs is 7. The predicted octanol–water partition coefficient (Wildman–Crippen LogP) is 6.40. The van der Waals surface area contributed by atoms with Gasteiger partial charge in [0, 0.05) is 11.3 Å². The minimum Gasteiger partial charge on any atom is -0.387 e. The van der Waals surface area contributed by atoms with Crippen LogP contribution in [0.2, 0.25) is 0 Å². The van der Waals surface area contributed by atoms with Crippen LogP contribution in [0.3, 0.4) is 0 Å². The molecular formula is C35H49N3O3. The topological polar surface area (TPSA) is 93.8 Å². The van der Waals surface area contributed by atoms with Crippen molar-refractivity contribution in [3.05, 3.63) is 23.3 Å². The molecule has 41 heavy (non-hydrogen) atoms. The monoisotopic (exact) mass is 559 g/mol. The highest BCUT2D eigenvalue weighted by atomic mass is 16.3. The molecule has 1 aliphatic heterocycles. The first-order valence-corrected chi connectivity index (χ1v) is 15.8. The number of amides is 1. The van der Waals surface area contributed by atoms with Gasteiger partial charge in [-0.2, -0.15) is 5.26 Å². The molecule has 222 valence electrons. The third kappa shape index (κ3) is 3.42. The number of hydrogen-bond acceptors (Lipinski definition) is 5. The van der Waals surface area contributed by atoms with Crippen LogP contribution in [-0.2, 0) is 9.59 Å². The van der Waals surface area contributed by atoms with Gasteiger partial charge >= 0.3 is 0 Å². The van der Waals surface area contributed by atoms with E-state index in [4.69, 9.17) is 0 Å². The van der Waals surface area contributed by atoms with Gasteiger partial charge in [0.1, 0.15) is 5.54 Å². The molecule has 0 aromatic carbocycles. The number of aliphatic hydroxyl groups is 1. The molecule has 0 aromatic rings. The lowest BCUT2D eigenvalue weighted by Gasteiger charge is -2.70. The van der Waals surface area contributed by atoms with Crippen LogP contribution in [0.5, 0.6) is 0 Å². The second-order valence-corrected chi connectivity index (χ2v) is 17.1. The van der Waals surface area contributed by atoms with E-state index in [9.17, 15) is 20.0 Å². The molecule has 5 aliphatic carbocycles. The molecule has 8 atom stereocenters. The third-order valence-electron chi connectivity index (χ3n) is 13.7. The van der Waals surface area contributed by atoms with Crippen LogP contribution >= 0.6 is 0 Å². The summed E-state index contributed by atoms with van der Waals surface area (Å²) in [5, 5.41) is 21.2. The molecular weight excluding hydrogens is 510 g/mol. The van der Waals surface area contributed by atoms with Gasteiger partial charge in [-0.15, -0.1) is 0 Å².